The fourth-order valence-corrected chi connectivity index (χ4v) is 4.94. The van der Waals surface area contributed by atoms with Crippen molar-refractivity contribution in [3.63, 3.8) is 0 Å². The van der Waals surface area contributed by atoms with Crippen LogP contribution in [0.15, 0.2) is 60.2 Å². The second-order valence-corrected chi connectivity index (χ2v) is 8.36. The molecule has 2 fully saturated rings. The number of aromatic nitrogens is 1. The van der Waals surface area contributed by atoms with Crippen molar-refractivity contribution in [1.82, 2.24) is 9.88 Å². The van der Waals surface area contributed by atoms with Crippen LogP contribution in [0.1, 0.15) is 36.1 Å². The van der Waals surface area contributed by atoms with E-state index in [1.165, 1.54) is 41.6 Å². The molecule has 1 aromatic heterocycles. The molecule has 2 atom stereocenters. The van der Waals surface area contributed by atoms with Gasteiger partial charge in [-0.3, -0.25) is 9.88 Å². The van der Waals surface area contributed by atoms with E-state index in [9.17, 15) is 0 Å². The highest BCUT2D eigenvalue weighted by atomic mass is 16.7. The summed E-state index contributed by atoms with van der Waals surface area (Å²) < 4.78 is 11.1. The molecule has 4 nitrogen and oxygen atoms in total. The fourth-order valence-electron chi connectivity index (χ4n) is 4.94. The number of likely N-dealkylation sites (tertiary alicyclic amines) is 1. The Morgan fingerprint density at radius 3 is 2.90 bits per heavy atom. The molecule has 3 aliphatic rings. The maximum absolute atomic E-state index is 5.63. The van der Waals surface area contributed by atoms with Gasteiger partial charge in [-0.1, -0.05) is 24.3 Å². The van der Waals surface area contributed by atoms with Gasteiger partial charge in [-0.2, -0.15) is 0 Å². The van der Waals surface area contributed by atoms with Crippen LogP contribution in [0.3, 0.4) is 0 Å². The van der Waals surface area contributed by atoms with Crippen LogP contribution in [0.4, 0.5) is 0 Å². The van der Waals surface area contributed by atoms with Crippen LogP contribution >= 0.6 is 0 Å². The second-order valence-electron chi connectivity index (χ2n) is 8.36. The highest BCUT2D eigenvalue weighted by Gasteiger charge is 2.34. The summed E-state index contributed by atoms with van der Waals surface area (Å²) in [4.78, 5) is 7.10. The fraction of sp³-hybridized carbons (Fsp3) is 0.400. The molecule has 0 saturated carbocycles. The third-order valence-electron chi connectivity index (χ3n) is 6.55. The van der Waals surface area contributed by atoms with Gasteiger partial charge in [-0.25, -0.2) is 0 Å². The van der Waals surface area contributed by atoms with Crippen molar-refractivity contribution in [3.8, 4) is 11.1 Å². The van der Waals surface area contributed by atoms with E-state index in [-0.39, 0.29) is 0 Å². The van der Waals surface area contributed by atoms with E-state index in [2.05, 4.69) is 60.1 Å². The minimum atomic E-state index is 0.362. The Labute approximate surface area is 172 Å². The lowest BCUT2D eigenvalue weighted by Crippen LogP contribution is -2.35. The molecule has 4 heteroatoms. The van der Waals surface area contributed by atoms with Crippen LogP contribution in [0.2, 0.25) is 0 Å². The zero-order chi connectivity index (χ0) is 19.8. The molecular formula is C25H28N2O2. The number of ether oxygens (including phenoxy) is 2. The van der Waals surface area contributed by atoms with Crippen molar-refractivity contribution in [1.29, 1.82) is 0 Å². The summed E-state index contributed by atoms with van der Waals surface area (Å²) in [6, 6.07) is 11.6. The highest BCUT2D eigenvalue weighted by Crippen LogP contribution is 2.36. The molecule has 0 radical (unpaired) electrons. The number of rotatable bonds is 4. The lowest BCUT2D eigenvalue weighted by Gasteiger charge is -2.31. The summed E-state index contributed by atoms with van der Waals surface area (Å²) >= 11 is 0. The van der Waals surface area contributed by atoms with Gasteiger partial charge >= 0.3 is 0 Å². The van der Waals surface area contributed by atoms with Gasteiger partial charge in [0.1, 0.15) is 0 Å². The first kappa shape index (κ1) is 18.4. The van der Waals surface area contributed by atoms with Crippen molar-refractivity contribution >= 4 is 0 Å². The number of fused-ring (bicyclic) bond motifs is 1. The Bertz CT molecular complexity index is 979. The van der Waals surface area contributed by atoms with Crippen molar-refractivity contribution in [2.24, 2.45) is 5.92 Å². The molecule has 0 amide bonds. The normalized spacial score (nSPS) is 23.8. The summed E-state index contributed by atoms with van der Waals surface area (Å²) in [5, 5.41) is 0. The topological polar surface area (TPSA) is 34.6 Å². The lowest BCUT2D eigenvalue weighted by molar-refractivity contribution is 0.0975. The van der Waals surface area contributed by atoms with Gasteiger partial charge in [-0.05, 0) is 80.5 Å². The molecule has 2 aromatic rings. The van der Waals surface area contributed by atoms with Gasteiger partial charge in [0.25, 0.3) is 0 Å². The first-order valence-electron chi connectivity index (χ1n) is 10.6. The average molecular weight is 389 g/mol. The van der Waals surface area contributed by atoms with Crippen LogP contribution < -0.4 is 0 Å². The molecule has 2 aliphatic heterocycles. The van der Waals surface area contributed by atoms with E-state index < -0.39 is 0 Å². The summed E-state index contributed by atoms with van der Waals surface area (Å²) in [5.41, 5.74) is 6.32. The van der Waals surface area contributed by atoms with Crippen LogP contribution in [0.5, 0.6) is 0 Å². The third kappa shape index (κ3) is 3.58. The number of aryl methyl sites for hydroxylation is 2. The molecule has 0 bridgehead atoms. The molecule has 1 unspecified atom stereocenters. The molecular weight excluding hydrogens is 360 g/mol. The second kappa shape index (κ2) is 7.68. The predicted molar refractivity (Wildman–Crippen MR) is 114 cm³/mol. The Morgan fingerprint density at radius 1 is 1.14 bits per heavy atom. The first-order valence-corrected chi connectivity index (χ1v) is 10.6. The van der Waals surface area contributed by atoms with Crippen LogP contribution in [-0.4, -0.2) is 29.3 Å². The van der Waals surface area contributed by atoms with Crippen molar-refractivity contribution < 1.29 is 9.47 Å². The zero-order valence-electron chi connectivity index (χ0n) is 17.2. The van der Waals surface area contributed by atoms with E-state index in [1.54, 1.807) is 0 Å². The molecule has 2 saturated heterocycles. The Hall–Kier alpha value is -2.59. The molecule has 1 aromatic carbocycles. The van der Waals surface area contributed by atoms with Crippen molar-refractivity contribution in [2.75, 3.05) is 13.3 Å². The minimum absolute atomic E-state index is 0.362. The molecule has 150 valence electrons. The molecule has 0 N–H and O–H groups in total. The van der Waals surface area contributed by atoms with Crippen molar-refractivity contribution in [2.45, 2.75) is 45.7 Å². The van der Waals surface area contributed by atoms with E-state index in [0.29, 0.717) is 18.8 Å². The summed E-state index contributed by atoms with van der Waals surface area (Å²) in [6.45, 7) is 6.85. The van der Waals surface area contributed by atoms with E-state index in [4.69, 9.17) is 9.47 Å². The predicted octanol–water partition coefficient (Wildman–Crippen LogP) is 5.12. The SMILES string of the molecule is Cc1cc(-c2cccnc2C)ccc1CN1CCC[C@@H]1C1C=C2OCOC2=CC1. The van der Waals surface area contributed by atoms with Crippen LogP contribution in [-0.2, 0) is 16.0 Å². The zero-order valence-corrected chi connectivity index (χ0v) is 17.2. The quantitative estimate of drug-likeness (QED) is 0.728. The number of benzene rings is 1. The number of nitrogens with zero attached hydrogens (tertiary/aromatic N) is 2. The minimum Gasteiger partial charge on any atom is -0.454 e. The van der Waals surface area contributed by atoms with Crippen LogP contribution in [0.25, 0.3) is 11.1 Å². The largest absolute Gasteiger partial charge is 0.454 e. The van der Waals surface area contributed by atoms with Gasteiger partial charge in [0.15, 0.2) is 11.5 Å². The van der Waals surface area contributed by atoms with Gasteiger partial charge in [0.2, 0.25) is 6.79 Å². The smallest absolute Gasteiger partial charge is 0.231 e. The lowest BCUT2D eigenvalue weighted by atomic mass is 9.89. The number of pyridine rings is 1. The van der Waals surface area contributed by atoms with Gasteiger partial charge in [0.05, 0.1) is 0 Å². The van der Waals surface area contributed by atoms with Gasteiger partial charge < -0.3 is 9.47 Å². The first-order chi connectivity index (χ1) is 14.2. The van der Waals surface area contributed by atoms with E-state index in [0.717, 1.165) is 30.2 Å². The summed E-state index contributed by atoms with van der Waals surface area (Å²) in [6.07, 6.45) is 9.93. The average Bonchev–Trinajstić information content (AvgIpc) is 3.38. The maximum atomic E-state index is 5.63. The summed E-state index contributed by atoms with van der Waals surface area (Å²) in [7, 11) is 0. The Balaban J connectivity index is 1.33. The third-order valence-corrected chi connectivity index (χ3v) is 6.55. The highest BCUT2D eigenvalue weighted by molar-refractivity contribution is 5.66. The Morgan fingerprint density at radius 2 is 2.03 bits per heavy atom. The monoisotopic (exact) mass is 388 g/mol. The maximum Gasteiger partial charge on any atom is 0.231 e. The molecule has 3 heterocycles. The number of allylic oxidation sites excluding steroid dienone is 1. The van der Waals surface area contributed by atoms with E-state index >= 15 is 0 Å². The Kier molecular flexibility index (Phi) is 4.88. The summed E-state index contributed by atoms with van der Waals surface area (Å²) in [5.74, 6) is 2.39. The van der Waals surface area contributed by atoms with Crippen molar-refractivity contribution in [3.05, 3.63) is 77.0 Å². The molecule has 29 heavy (non-hydrogen) atoms. The van der Waals surface area contributed by atoms with E-state index in [1.807, 2.05) is 12.3 Å². The van der Waals surface area contributed by atoms with Gasteiger partial charge in [-0.15, -0.1) is 0 Å². The molecule has 5 rings (SSSR count). The molecule has 0 spiro atoms. The number of hydrogen-bond acceptors (Lipinski definition) is 4. The molecule has 1 aliphatic carbocycles. The van der Waals surface area contributed by atoms with Gasteiger partial charge in [0, 0.05) is 30.0 Å². The van der Waals surface area contributed by atoms with Crippen LogP contribution in [0, 0.1) is 19.8 Å². The number of hydrogen-bond donors (Lipinski definition) is 0. The standard InChI is InChI=1S/C25H28N2O2/c1-17-13-19(22-5-3-11-26-18(22)2)7-8-21(17)15-27-12-4-6-23(27)20-9-10-24-25(14-20)29-16-28-24/h3,5,7-8,10-11,13-14,20,23H,4,6,9,12,15-16H2,1-2H3/t20?,23-/m1/s1.